The van der Waals surface area contributed by atoms with E-state index >= 15 is 0 Å². The molecule has 0 saturated carbocycles. The molecular weight excluding hydrogens is 514 g/mol. The van der Waals surface area contributed by atoms with Crippen molar-refractivity contribution in [1.82, 2.24) is 0 Å². The van der Waals surface area contributed by atoms with E-state index in [1.165, 1.54) is 128 Å². The first-order valence-corrected chi connectivity index (χ1v) is 17.6. The van der Waals surface area contributed by atoms with E-state index < -0.39 is 15.9 Å². The largest absolute Gasteiger partial charge is 0.748 e. The number of rotatable bonds is 22. The van der Waals surface area contributed by atoms with Crippen molar-refractivity contribution < 1.29 is 17.5 Å². The Kier molecular flexibility index (Phi) is 20.8. The van der Waals surface area contributed by atoms with Crippen LogP contribution in [0.15, 0.2) is 60.7 Å². The van der Waals surface area contributed by atoms with Crippen LogP contribution < -0.4 is 0 Å². The van der Waals surface area contributed by atoms with Gasteiger partial charge in [-0.15, -0.1) is 0 Å². The van der Waals surface area contributed by atoms with Crippen LogP contribution in [0.1, 0.15) is 121 Å². The lowest BCUT2D eigenvalue weighted by atomic mass is 10.0. The van der Waals surface area contributed by atoms with Crippen molar-refractivity contribution in [1.29, 1.82) is 0 Å². The zero-order valence-electron chi connectivity index (χ0n) is 26.0. The van der Waals surface area contributed by atoms with Gasteiger partial charge in [0.2, 0.25) is 0 Å². The van der Waals surface area contributed by atoms with E-state index in [4.69, 9.17) is 0 Å². The summed E-state index contributed by atoms with van der Waals surface area (Å²) < 4.78 is 31.9. The third-order valence-electron chi connectivity index (χ3n) is 7.65. The Labute approximate surface area is 247 Å². The van der Waals surface area contributed by atoms with Crippen LogP contribution in [0.4, 0.5) is 0 Å². The number of hydrogen-bond acceptors (Lipinski definition) is 3. The standard InChI is InChI=1S/C28H52N.C7H8O3S/c1-4-5-6-7-8-9-10-11-12-13-14-15-16-17-18-22-26-29(2,3)27-25-28-23-20-19-21-24-28;8-11(9,10)6-7-4-2-1-3-5-7/h19-21,23-24H,4-18,22,25-27H2,1-3H3;1-5H,6H2,(H,8,9,10)/q+1;/p-1. The molecule has 4 nitrogen and oxygen atoms in total. The van der Waals surface area contributed by atoms with Gasteiger partial charge in [-0.2, -0.15) is 0 Å². The Balaban J connectivity index is 0.000000603. The number of nitrogens with zero attached hydrogens (tertiary/aromatic N) is 1. The van der Waals surface area contributed by atoms with E-state index in [2.05, 4.69) is 51.4 Å². The van der Waals surface area contributed by atoms with Gasteiger partial charge in [0.15, 0.2) is 0 Å². The van der Waals surface area contributed by atoms with Crippen molar-refractivity contribution in [3.05, 3.63) is 71.8 Å². The Hall–Kier alpha value is -1.69. The molecule has 0 radical (unpaired) electrons. The van der Waals surface area contributed by atoms with Gasteiger partial charge in [0.25, 0.3) is 0 Å². The minimum Gasteiger partial charge on any atom is -0.748 e. The van der Waals surface area contributed by atoms with Gasteiger partial charge >= 0.3 is 0 Å². The molecule has 0 saturated heterocycles. The van der Waals surface area contributed by atoms with Crippen molar-refractivity contribution >= 4 is 10.1 Å². The second-order valence-corrected chi connectivity index (χ2v) is 13.5. The molecule has 0 N–H and O–H groups in total. The van der Waals surface area contributed by atoms with Gasteiger partial charge in [0, 0.05) is 6.42 Å². The average Bonchev–Trinajstić information content (AvgIpc) is 2.92. The molecule has 0 bridgehead atoms. The van der Waals surface area contributed by atoms with Crippen LogP contribution >= 0.6 is 0 Å². The molecule has 0 spiro atoms. The molecule has 0 aliphatic carbocycles. The van der Waals surface area contributed by atoms with E-state index in [0.717, 1.165) is 4.48 Å². The highest BCUT2D eigenvalue weighted by Crippen LogP contribution is 2.14. The van der Waals surface area contributed by atoms with Gasteiger partial charge in [-0.1, -0.05) is 157 Å². The van der Waals surface area contributed by atoms with Crippen LogP contribution in [0, 0.1) is 0 Å². The average molecular weight is 574 g/mol. The van der Waals surface area contributed by atoms with Gasteiger partial charge in [0.1, 0.15) is 0 Å². The first-order valence-electron chi connectivity index (χ1n) is 16.1. The van der Waals surface area contributed by atoms with E-state index in [9.17, 15) is 13.0 Å². The summed E-state index contributed by atoms with van der Waals surface area (Å²) in [5.41, 5.74) is 2.01. The molecule has 0 amide bonds. The fraction of sp³-hybridized carbons (Fsp3) is 0.657. The third-order valence-corrected chi connectivity index (χ3v) is 8.34. The van der Waals surface area contributed by atoms with E-state index in [1.807, 2.05) is 0 Å². The van der Waals surface area contributed by atoms with Gasteiger partial charge in [-0.05, 0) is 24.0 Å². The molecule has 40 heavy (non-hydrogen) atoms. The second-order valence-electron chi connectivity index (χ2n) is 12.1. The highest BCUT2D eigenvalue weighted by molar-refractivity contribution is 7.84. The minimum absolute atomic E-state index is 0.423. The van der Waals surface area contributed by atoms with E-state index in [-0.39, 0.29) is 0 Å². The summed E-state index contributed by atoms with van der Waals surface area (Å²) in [6, 6.07) is 19.3. The maximum atomic E-state index is 10.2. The quantitative estimate of drug-likeness (QED) is 0.0801. The molecule has 0 aliphatic heterocycles. The number of quaternary nitrogens is 1. The van der Waals surface area contributed by atoms with Gasteiger partial charge in [-0.3, -0.25) is 0 Å². The predicted octanol–water partition coefficient (Wildman–Crippen LogP) is 9.30. The van der Waals surface area contributed by atoms with Gasteiger partial charge < -0.3 is 9.04 Å². The molecular formula is C35H59NO3S. The highest BCUT2D eigenvalue weighted by Gasteiger charge is 2.14. The van der Waals surface area contributed by atoms with Crippen molar-refractivity contribution in [3.8, 4) is 0 Å². The second kappa shape index (κ2) is 22.9. The first-order chi connectivity index (χ1) is 19.2. The minimum atomic E-state index is -4.13. The fourth-order valence-electron chi connectivity index (χ4n) is 5.05. The number of likely N-dealkylation sites (N-methyl/N-ethyl adjacent to an activating group) is 1. The van der Waals surface area contributed by atoms with Crippen LogP contribution in [-0.4, -0.2) is 44.6 Å². The summed E-state index contributed by atoms with van der Waals surface area (Å²) in [5.74, 6) is -0.423. The molecule has 0 unspecified atom stereocenters. The zero-order valence-corrected chi connectivity index (χ0v) is 26.8. The van der Waals surface area contributed by atoms with Crippen molar-refractivity contribution in [2.45, 2.75) is 122 Å². The summed E-state index contributed by atoms with van der Waals surface area (Å²) in [4.78, 5) is 0. The molecule has 0 heterocycles. The number of hydrogen-bond donors (Lipinski definition) is 0. The lowest BCUT2D eigenvalue weighted by Crippen LogP contribution is -2.42. The Morgan fingerprint density at radius 3 is 1.32 bits per heavy atom. The van der Waals surface area contributed by atoms with Crippen molar-refractivity contribution in [2.24, 2.45) is 0 Å². The molecule has 2 aromatic rings. The number of benzene rings is 2. The monoisotopic (exact) mass is 573 g/mol. The lowest BCUT2D eigenvalue weighted by Gasteiger charge is -2.30. The molecule has 0 aromatic heterocycles. The highest BCUT2D eigenvalue weighted by atomic mass is 32.2. The van der Waals surface area contributed by atoms with E-state index in [1.54, 1.807) is 30.3 Å². The molecule has 0 atom stereocenters. The Morgan fingerprint density at radius 1 is 0.550 bits per heavy atom. The Morgan fingerprint density at radius 2 is 0.925 bits per heavy atom. The zero-order chi connectivity index (χ0) is 29.4. The summed E-state index contributed by atoms with van der Waals surface area (Å²) in [5, 5.41) is 0. The topological polar surface area (TPSA) is 57.2 Å². The normalized spacial score (nSPS) is 11.7. The molecule has 228 valence electrons. The van der Waals surface area contributed by atoms with Crippen LogP contribution in [0.2, 0.25) is 0 Å². The number of unbranched alkanes of at least 4 members (excludes halogenated alkanes) is 15. The van der Waals surface area contributed by atoms with Crippen molar-refractivity contribution in [2.75, 3.05) is 27.2 Å². The molecule has 0 aliphatic rings. The summed E-state index contributed by atoms with van der Waals surface area (Å²) in [6.07, 6.45) is 24.4. The lowest BCUT2D eigenvalue weighted by molar-refractivity contribution is -0.890. The van der Waals surface area contributed by atoms with Crippen LogP contribution in [-0.2, 0) is 22.3 Å². The maximum absolute atomic E-state index is 10.2. The molecule has 5 heteroatoms. The smallest absolute Gasteiger partial charge is 0.0988 e. The maximum Gasteiger partial charge on any atom is 0.0988 e. The van der Waals surface area contributed by atoms with E-state index in [0.29, 0.717) is 5.56 Å². The summed E-state index contributed by atoms with van der Waals surface area (Å²) in [6.45, 7) is 4.88. The molecule has 2 aromatic carbocycles. The van der Waals surface area contributed by atoms with Crippen molar-refractivity contribution in [3.63, 3.8) is 0 Å². The summed E-state index contributed by atoms with van der Waals surface area (Å²) >= 11 is 0. The molecule has 0 fully saturated rings. The molecule has 2 rings (SSSR count). The first kappa shape index (κ1) is 36.3. The van der Waals surface area contributed by atoms with Crippen LogP contribution in [0.3, 0.4) is 0 Å². The summed E-state index contributed by atoms with van der Waals surface area (Å²) in [7, 11) is 0.667. The third kappa shape index (κ3) is 23.1. The SMILES string of the molecule is CCCCCCCCCCCCCCCCCC[N+](C)(C)CCc1ccccc1.O=S(=O)([O-])Cc1ccccc1. The predicted molar refractivity (Wildman–Crippen MR) is 171 cm³/mol. The van der Waals surface area contributed by atoms with Crippen LogP contribution in [0.25, 0.3) is 0 Å². The van der Waals surface area contributed by atoms with Gasteiger partial charge in [0.05, 0.1) is 43.1 Å². The fourth-order valence-corrected chi connectivity index (χ4v) is 5.66. The van der Waals surface area contributed by atoms with Gasteiger partial charge in [-0.25, -0.2) is 8.42 Å². The van der Waals surface area contributed by atoms with Crippen LogP contribution in [0.5, 0.6) is 0 Å². The Bertz CT molecular complexity index is 930.